The van der Waals surface area contributed by atoms with Crippen molar-refractivity contribution in [3.63, 3.8) is 0 Å². The fraction of sp³-hybridized carbons (Fsp3) is 0.522. The van der Waals surface area contributed by atoms with Crippen molar-refractivity contribution in [2.75, 3.05) is 38.2 Å². The molecule has 2 fully saturated rings. The highest BCUT2D eigenvalue weighted by molar-refractivity contribution is 6.25. The molecule has 4 rings (SSSR count). The SMILES string of the molecule is C[C@H](CCCNc1cccc2c1C(=O)N(C1CCC(=O)NC1=O)C2=O)OC(=O)N1CCOCC1. The maximum Gasteiger partial charge on any atom is 0.410 e. The van der Waals surface area contributed by atoms with E-state index in [9.17, 15) is 24.0 Å². The number of nitrogens with zero attached hydrogens (tertiary/aromatic N) is 2. The van der Waals surface area contributed by atoms with E-state index in [0.29, 0.717) is 51.4 Å². The number of rotatable bonds is 7. The molecule has 5 amide bonds. The molecule has 1 aromatic rings. The van der Waals surface area contributed by atoms with Crippen molar-refractivity contribution in [1.29, 1.82) is 0 Å². The molecule has 0 radical (unpaired) electrons. The number of anilines is 1. The van der Waals surface area contributed by atoms with Crippen molar-refractivity contribution in [3.05, 3.63) is 29.3 Å². The number of hydrogen-bond donors (Lipinski definition) is 2. The lowest BCUT2D eigenvalue weighted by atomic mass is 10.0. The van der Waals surface area contributed by atoms with Gasteiger partial charge in [-0.15, -0.1) is 0 Å². The van der Waals surface area contributed by atoms with E-state index in [-0.39, 0.29) is 36.2 Å². The van der Waals surface area contributed by atoms with Crippen LogP contribution in [0.4, 0.5) is 10.5 Å². The molecule has 0 spiro atoms. The van der Waals surface area contributed by atoms with Crippen molar-refractivity contribution in [1.82, 2.24) is 15.1 Å². The van der Waals surface area contributed by atoms with Crippen LogP contribution >= 0.6 is 0 Å². The van der Waals surface area contributed by atoms with Crippen molar-refractivity contribution in [3.8, 4) is 0 Å². The van der Waals surface area contributed by atoms with Crippen molar-refractivity contribution in [2.24, 2.45) is 0 Å². The van der Waals surface area contributed by atoms with Gasteiger partial charge in [-0.3, -0.25) is 29.4 Å². The maximum atomic E-state index is 13.1. The highest BCUT2D eigenvalue weighted by Gasteiger charge is 2.45. The predicted octanol–water partition coefficient (Wildman–Crippen LogP) is 1.14. The first-order valence-corrected chi connectivity index (χ1v) is 11.5. The van der Waals surface area contributed by atoms with Gasteiger partial charge < -0.3 is 19.7 Å². The summed E-state index contributed by atoms with van der Waals surface area (Å²) in [5, 5.41) is 5.38. The van der Waals surface area contributed by atoms with Gasteiger partial charge in [0.15, 0.2) is 0 Å². The predicted molar refractivity (Wildman–Crippen MR) is 119 cm³/mol. The smallest absolute Gasteiger partial charge is 0.410 e. The molecule has 1 aromatic carbocycles. The molecule has 2 N–H and O–H groups in total. The van der Waals surface area contributed by atoms with Crippen LogP contribution in [-0.4, -0.2) is 84.5 Å². The highest BCUT2D eigenvalue weighted by atomic mass is 16.6. The molecule has 0 saturated carbocycles. The first kappa shape index (κ1) is 23.7. The Morgan fingerprint density at radius 2 is 1.97 bits per heavy atom. The average molecular weight is 472 g/mol. The largest absolute Gasteiger partial charge is 0.446 e. The Labute approximate surface area is 196 Å². The van der Waals surface area contributed by atoms with E-state index in [1.807, 2.05) is 6.92 Å². The molecular formula is C23H28N4O7. The Bertz CT molecular complexity index is 1010. The topological polar surface area (TPSA) is 134 Å². The van der Waals surface area contributed by atoms with Crippen molar-refractivity contribution in [2.45, 2.75) is 44.8 Å². The molecule has 182 valence electrons. The van der Waals surface area contributed by atoms with E-state index >= 15 is 0 Å². The first-order chi connectivity index (χ1) is 16.4. The summed E-state index contributed by atoms with van der Waals surface area (Å²) < 4.78 is 10.7. The zero-order chi connectivity index (χ0) is 24.2. The summed E-state index contributed by atoms with van der Waals surface area (Å²) in [6, 6.07) is 3.94. The van der Waals surface area contributed by atoms with E-state index in [1.54, 1.807) is 23.1 Å². The van der Waals surface area contributed by atoms with Gasteiger partial charge in [-0.05, 0) is 38.3 Å². The zero-order valence-electron chi connectivity index (χ0n) is 19.0. The molecule has 11 heteroatoms. The maximum absolute atomic E-state index is 13.1. The number of amides is 5. The second-order valence-corrected chi connectivity index (χ2v) is 8.54. The van der Waals surface area contributed by atoms with E-state index in [1.165, 1.54) is 0 Å². The minimum absolute atomic E-state index is 0.0726. The average Bonchev–Trinajstić information content (AvgIpc) is 3.08. The second kappa shape index (κ2) is 10.2. The lowest BCUT2D eigenvalue weighted by molar-refractivity contribution is -0.136. The number of carbonyl (C=O) groups excluding carboxylic acids is 5. The number of morpholine rings is 1. The zero-order valence-corrected chi connectivity index (χ0v) is 19.0. The highest BCUT2D eigenvalue weighted by Crippen LogP contribution is 2.32. The van der Waals surface area contributed by atoms with Crippen molar-refractivity contribution < 1.29 is 33.4 Å². The molecule has 0 aromatic heterocycles. The van der Waals surface area contributed by atoms with Gasteiger partial charge in [-0.25, -0.2) is 4.79 Å². The normalized spacial score (nSPS) is 21.3. The van der Waals surface area contributed by atoms with Gasteiger partial charge in [-0.1, -0.05) is 6.07 Å². The first-order valence-electron chi connectivity index (χ1n) is 11.5. The summed E-state index contributed by atoms with van der Waals surface area (Å²) in [4.78, 5) is 64.4. The van der Waals surface area contributed by atoms with Gasteiger partial charge in [0.2, 0.25) is 11.8 Å². The fourth-order valence-corrected chi connectivity index (χ4v) is 4.33. The molecular weight excluding hydrogens is 444 g/mol. The number of fused-ring (bicyclic) bond motifs is 1. The summed E-state index contributed by atoms with van der Waals surface area (Å²) in [5.74, 6) is -2.14. The number of piperidine rings is 1. The summed E-state index contributed by atoms with van der Waals surface area (Å²) in [6.07, 6.45) is 0.851. The molecule has 11 nitrogen and oxygen atoms in total. The van der Waals surface area contributed by atoms with Crippen LogP contribution in [0.15, 0.2) is 18.2 Å². The summed E-state index contributed by atoms with van der Waals surface area (Å²) in [5.41, 5.74) is 0.958. The van der Waals surface area contributed by atoms with E-state index in [0.717, 1.165) is 4.90 Å². The third-order valence-corrected chi connectivity index (χ3v) is 6.14. The number of carbonyl (C=O) groups is 5. The molecule has 3 aliphatic heterocycles. The van der Waals surface area contributed by atoms with Gasteiger partial charge in [0.25, 0.3) is 11.8 Å². The van der Waals surface area contributed by atoms with Gasteiger partial charge in [-0.2, -0.15) is 0 Å². The van der Waals surface area contributed by atoms with Crippen LogP contribution in [0.3, 0.4) is 0 Å². The Morgan fingerprint density at radius 3 is 2.71 bits per heavy atom. The fourth-order valence-electron chi connectivity index (χ4n) is 4.33. The van der Waals surface area contributed by atoms with E-state index < -0.39 is 29.7 Å². The minimum atomic E-state index is -1.00. The number of ether oxygens (including phenoxy) is 2. The van der Waals surface area contributed by atoms with Crippen LogP contribution in [0.5, 0.6) is 0 Å². The molecule has 3 heterocycles. The quantitative estimate of drug-likeness (QED) is 0.446. The Balaban J connectivity index is 1.32. The van der Waals surface area contributed by atoms with Crippen LogP contribution in [0.25, 0.3) is 0 Å². The summed E-state index contributed by atoms with van der Waals surface area (Å²) in [6.45, 7) is 4.39. The standard InChI is InChI=1S/C23H28N4O7/c1-14(34-23(32)26-10-12-33-13-11-26)4-3-9-24-16-6-2-5-15-19(16)22(31)27(21(15)30)17-7-8-18(28)25-20(17)29/h2,5-6,14,17,24H,3-4,7-13H2,1H3,(H,25,28,29)/t14-,17?/m1/s1. The Morgan fingerprint density at radius 1 is 1.21 bits per heavy atom. The van der Waals surface area contributed by atoms with Crippen LogP contribution < -0.4 is 10.6 Å². The lowest BCUT2D eigenvalue weighted by Gasteiger charge is -2.27. The second-order valence-electron chi connectivity index (χ2n) is 8.54. The molecule has 1 unspecified atom stereocenters. The van der Waals surface area contributed by atoms with E-state index in [4.69, 9.17) is 9.47 Å². The van der Waals surface area contributed by atoms with Crippen LogP contribution in [0.1, 0.15) is 53.3 Å². The van der Waals surface area contributed by atoms with Gasteiger partial charge in [0.05, 0.1) is 24.3 Å². The monoisotopic (exact) mass is 472 g/mol. The Kier molecular flexibility index (Phi) is 7.11. The van der Waals surface area contributed by atoms with Crippen LogP contribution in [-0.2, 0) is 19.1 Å². The molecule has 0 bridgehead atoms. The lowest BCUT2D eigenvalue weighted by Crippen LogP contribution is -2.54. The third-order valence-electron chi connectivity index (χ3n) is 6.14. The minimum Gasteiger partial charge on any atom is -0.446 e. The molecule has 0 aliphatic carbocycles. The number of benzene rings is 1. The summed E-state index contributed by atoms with van der Waals surface area (Å²) in [7, 11) is 0. The van der Waals surface area contributed by atoms with Gasteiger partial charge in [0.1, 0.15) is 12.1 Å². The van der Waals surface area contributed by atoms with E-state index in [2.05, 4.69) is 10.6 Å². The van der Waals surface area contributed by atoms with Crippen LogP contribution in [0, 0.1) is 0 Å². The molecule has 34 heavy (non-hydrogen) atoms. The van der Waals surface area contributed by atoms with Crippen molar-refractivity contribution >= 4 is 35.4 Å². The number of imide groups is 2. The van der Waals surface area contributed by atoms with Gasteiger partial charge in [0, 0.05) is 31.7 Å². The third kappa shape index (κ3) is 4.89. The Hall–Kier alpha value is -3.47. The number of hydrogen-bond acceptors (Lipinski definition) is 8. The molecule has 2 saturated heterocycles. The molecule has 2 atom stereocenters. The molecule has 3 aliphatic rings. The van der Waals surface area contributed by atoms with Crippen LogP contribution in [0.2, 0.25) is 0 Å². The van der Waals surface area contributed by atoms with Gasteiger partial charge >= 0.3 is 6.09 Å². The summed E-state index contributed by atoms with van der Waals surface area (Å²) >= 11 is 0. The number of nitrogens with one attached hydrogen (secondary N) is 2.